The van der Waals surface area contributed by atoms with Gasteiger partial charge in [-0.15, -0.1) is 0 Å². The number of hydrogen-bond donors (Lipinski definition) is 0. The average Bonchev–Trinajstić information content (AvgIpc) is 2.52. The van der Waals surface area contributed by atoms with Crippen LogP contribution in [0.2, 0.25) is 5.02 Å². The van der Waals surface area contributed by atoms with E-state index in [0.717, 1.165) is 42.7 Å². The highest BCUT2D eigenvalue weighted by Gasteiger charge is 2.06. The third-order valence-corrected chi connectivity index (χ3v) is 4.02. The molecule has 23 heavy (non-hydrogen) atoms. The number of aromatic nitrogens is 1. The van der Waals surface area contributed by atoms with Gasteiger partial charge in [0.15, 0.2) is 0 Å². The highest BCUT2D eigenvalue weighted by molar-refractivity contribution is 6.31. The summed E-state index contributed by atoms with van der Waals surface area (Å²) >= 11 is 5.99. The van der Waals surface area contributed by atoms with Gasteiger partial charge in [-0.3, -0.25) is 4.98 Å². The number of fused-ring (bicyclic) bond motifs is 1. The fourth-order valence-corrected chi connectivity index (χ4v) is 2.65. The normalized spacial score (nSPS) is 11.1. The Bertz CT molecular complexity index is 661. The summed E-state index contributed by atoms with van der Waals surface area (Å²) in [6.07, 6.45) is 3.28. The molecule has 0 N–H and O–H groups in total. The molecule has 4 nitrogen and oxygen atoms in total. The quantitative estimate of drug-likeness (QED) is 0.696. The van der Waals surface area contributed by atoms with Crippen molar-refractivity contribution in [2.45, 2.75) is 26.7 Å². The molecular weight excluding hydrogens is 312 g/mol. The van der Waals surface area contributed by atoms with E-state index in [4.69, 9.17) is 16.3 Å². The summed E-state index contributed by atoms with van der Waals surface area (Å²) in [4.78, 5) is 17.6. The second kappa shape index (κ2) is 8.85. The summed E-state index contributed by atoms with van der Waals surface area (Å²) in [7, 11) is 0. The summed E-state index contributed by atoms with van der Waals surface area (Å²) < 4.78 is 5.93. The zero-order valence-electron chi connectivity index (χ0n) is 13.7. The summed E-state index contributed by atoms with van der Waals surface area (Å²) in [5, 5.41) is 1.64. The Labute approximate surface area is 142 Å². The van der Waals surface area contributed by atoms with E-state index in [2.05, 4.69) is 16.8 Å². The number of Topliss-reactive ketones (excluding diaryl/α,β-unsaturated/α-hetero) is 1. The van der Waals surface area contributed by atoms with Crippen molar-refractivity contribution in [3.8, 4) is 5.75 Å². The van der Waals surface area contributed by atoms with E-state index in [9.17, 15) is 4.79 Å². The first kappa shape index (κ1) is 17.7. The molecule has 124 valence electrons. The number of rotatable bonds is 9. The predicted octanol–water partition coefficient (Wildman–Crippen LogP) is 3.96. The minimum Gasteiger partial charge on any atom is -0.491 e. The molecule has 0 fully saturated rings. The smallest absolute Gasteiger partial charge is 0.130 e. The van der Waals surface area contributed by atoms with Gasteiger partial charge in [-0.2, -0.15) is 0 Å². The number of benzene rings is 1. The van der Waals surface area contributed by atoms with Gasteiger partial charge >= 0.3 is 0 Å². The van der Waals surface area contributed by atoms with E-state index < -0.39 is 0 Å². The van der Waals surface area contributed by atoms with Crippen LogP contribution in [-0.4, -0.2) is 41.9 Å². The molecule has 0 bridgehead atoms. The average molecular weight is 335 g/mol. The molecule has 1 heterocycles. The minimum absolute atomic E-state index is 0.249. The number of likely N-dealkylation sites (N-methyl/N-ethyl adjacent to an activating group) is 1. The molecular formula is C18H23ClN2O2. The Morgan fingerprint density at radius 1 is 1.30 bits per heavy atom. The lowest BCUT2D eigenvalue weighted by Gasteiger charge is -2.20. The van der Waals surface area contributed by atoms with Crippen LogP contribution in [0.25, 0.3) is 10.9 Å². The van der Waals surface area contributed by atoms with Gasteiger partial charge in [0.2, 0.25) is 0 Å². The number of hydrogen-bond acceptors (Lipinski definition) is 4. The molecule has 0 aliphatic heterocycles. The van der Waals surface area contributed by atoms with Crippen LogP contribution in [0.4, 0.5) is 0 Å². The molecule has 0 unspecified atom stereocenters. The van der Waals surface area contributed by atoms with Crippen LogP contribution in [0.5, 0.6) is 5.75 Å². The third-order valence-electron chi connectivity index (χ3n) is 3.78. The maximum Gasteiger partial charge on any atom is 0.130 e. The van der Waals surface area contributed by atoms with Crippen molar-refractivity contribution in [2.75, 3.05) is 26.2 Å². The van der Waals surface area contributed by atoms with Crippen molar-refractivity contribution >= 4 is 28.3 Å². The van der Waals surface area contributed by atoms with E-state index in [-0.39, 0.29) is 5.78 Å². The van der Waals surface area contributed by atoms with E-state index in [1.54, 1.807) is 13.1 Å². The van der Waals surface area contributed by atoms with E-state index >= 15 is 0 Å². The Morgan fingerprint density at radius 3 is 2.87 bits per heavy atom. The number of carbonyl (C=O) groups is 1. The van der Waals surface area contributed by atoms with Crippen molar-refractivity contribution in [3.05, 3.63) is 35.5 Å². The number of ether oxygens (including phenoxy) is 1. The minimum atomic E-state index is 0.249. The van der Waals surface area contributed by atoms with Crippen LogP contribution in [-0.2, 0) is 4.79 Å². The molecule has 5 heteroatoms. The summed E-state index contributed by atoms with van der Waals surface area (Å²) in [6.45, 7) is 7.08. The topological polar surface area (TPSA) is 42.4 Å². The van der Waals surface area contributed by atoms with Gasteiger partial charge < -0.3 is 14.4 Å². The van der Waals surface area contributed by atoms with Crippen molar-refractivity contribution in [2.24, 2.45) is 0 Å². The second-order valence-electron chi connectivity index (χ2n) is 5.56. The number of ketones is 1. The lowest BCUT2D eigenvalue weighted by Crippen LogP contribution is -2.29. The monoisotopic (exact) mass is 334 g/mol. The number of carbonyl (C=O) groups excluding carboxylic acids is 1. The highest BCUT2D eigenvalue weighted by Crippen LogP contribution is 2.26. The van der Waals surface area contributed by atoms with E-state index in [1.807, 2.05) is 24.3 Å². The Hall–Kier alpha value is -1.65. The molecule has 1 aromatic carbocycles. The van der Waals surface area contributed by atoms with Crippen LogP contribution in [0.3, 0.4) is 0 Å². The second-order valence-corrected chi connectivity index (χ2v) is 6.00. The molecule has 0 aliphatic carbocycles. The van der Waals surface area contributed by atoms with Crippen molar-refractivity contribution < 1.29 is 9.53 Å². The van der Waals surface area contributed by atoms with Crippen LogP contribution in [0.1, 0.15) is 26.7 Å². The molecule has 1 aromatic heterocycles. The summed E-state index contributed by atoms with van der Waals surface area (Å²) in [5.74, 6) is 1.07. The number of pyridine rings is 1. The molecule has 0 radical (unpaired) electrons. The van der Waals surface area contributed by atoms with Crippen LogP contribution in [0, 0.1) is 0 Å². The van der Waals surface area contributed by atoms with Crippen LogP contribution in [0.15, 0.2) is 30.5 Å². The van der Waals surface area contributed by atoms with E-state index in [1.165, 1.54) is 0 Å². The fraction of sp³-hybridized carbons (Fsp3) is 0.444. The van der Waals surface area contributed by atoms with Crippen molar-refractivity contribution in [3.63, 3.8) is 0 Å². The Kier molecular flexibility index (Phi) is 6.81. The zero-order valence-corrected chi connectivity index (χ0v) is 14.5. The first-order valence-corrected chi connectivity index (χ1v) is 8.37. The zero-order chi connectivity index (χ0) is 16.7. The fourth-order valence-electron chi connectivity index (χ4n) is 2.49. The van der Waals surface area contributed by atoms with Gasteiger partial charge in [-0.05, 0) is 50.7 Å². The molecule has 0 saturated carbocycles. The third kappa shape index (κ3) is 5.48. The Balaban J connectivity index is 1.89. The Morgan fingerprint density at radius 2 is 2.13 bits per heavy atom. The molecule has 0 amide bonds. The highest BCUT2D eigenvalue weighted by atomic mass is 35.5. The van der Waals surface area contributed by atoms with Crippen LogP contribution < -0.4 is 4.74 Å². The molecule has 0 spiro atoms. The standard InChI is InChI=1S/C18H23ClN2O2/c1-3-21(10-4-5-14(2)22)11-12-23-18-8-9-20-17-13-15(19)6-7-16(17)18/h6-9,13H,3-5,10-12H2,1-2H3. The lowest BCUT2D eigenvalue weighted by molar-refractivity contribution is -0.117. The molecule has 2 aromatic rings. The predicted molar refractivity (Wildman–Crippen MR) is 94.3 cm³/mol. The number of nitrogens with zero attached hydrogens (tertiary/aromatic N) is 2. The van der Waals surface area contributed by atoms with Gasteiger partial charge in [0.25, 0.3) is 0 Å². The van der Waals surface area contributed by atoms with Gasteiger partial charge in [0.1, 0.15) is 18.1 Å². The van der Waals surface area contributed by atoms with Crippen molar-refractivity contribution in [1.82, 2.24) is 9.88 Å². The number of halogens is 1. The molecule has 2 rings (SSSR count). The first-order valence-electron chi connectivity index (χ1n) is 7.99. The maximum atomic E-state index is 11.0. The maximum absolute atomic E-state index is 11.0. The lowest BCUT2D eigenvalue weighted by atomic mass is 10.2. The van der Waals surface area contributed by atoms with Crippen molar-refractivity contribution in [1.29, 1.82) is 0 Å². The van der Waals surface area contributed by atoms with Gasteiger partial charge in [0, 0.05) is 29.6 Å². The molecule has 0 aliphatic rings. The summed E-state index contributed by atoms with van der Waals surface area (Å²) in [6, 6.07) is 7.50. The van der Waals surface area contributed by atoms with Gasteiger partial charge in [0.05, 0.1) is 5.52 Å². The van der Waals surface area contributed by atoms with Gasteiger partial charge in [-0.1, -0.05) is 18.5 Å². The summed E-state index contributed by atoms with van der Waals surface area (Å²) in [5.41, 5.74) is 0.837. The van der Waals surface area contributed by atoms with Crippen LogP contribution >= 0.6 is 11.6 Å². The molecule has 0 atom stereocenters. The van der Waals surface area contributed by atoms with Gasteiger partial charge in [-0.25, -0.2) is 0 Å². The van der Waals surface area contributed by atoms with E-state index in [0.29, 0.717) is 18.1 Å². The first-order chi connectivity index (χ1) is 11.1. The SMILES string of the molecule is CCN(CCCC(C)=O)CCOc1ccnc2cc(Cl)ccc12. The largest absolute Gasteiger partial charge is 0.491 e. The molecule has 0 saturated heterocycles.